The van der Waals surface area contributed by atoms with Crippen molar-refractivity contribution >= 4 is 17.2 Å². The molecule has 1 heterocycles. The fourth-order valence-electron chi connectivity index (χ4n) is 1.80. The van der Waals surface area contributed by atoms with Crippen LogP contribution in [0.25, 0.3) is 0 Å². The van der Waals surface area contributed by atoms with E-state index in [1.807, 2.05) is 12.2 Å². The Kier molecular flexibility index (Phi) is 3.81. The molecule has 17 heavy (non-hydrogen) atoms. The number of aliphatic hydroxyl groups is 1. The minimum absolute atomic E-state index is 0.0211. The summed E-state index contributed by atoms with van der Waals surface area (Å²) in [7, 11) is 1.58. The zero-order valence-electron chi connectivity index (χ0n) is 9.55. The summed E-state index contributed by atoms with van der Waals surface area (Å²) in [5.41, 5.74) is 0. The SMILES string of the molecule is COc1csc(C(=O)N[C@@H]2C=C[C@H](CO)C2)c1. The van der Waals surface area contributed by atoms with Gasteiger partial charge in [0, 0.05) is 30.0 Å². The molecule has 1 amide bonds. The molecule has 2 rings (SSSR count). The lowest BCUT2D eigenvalue weighted by Gasteiger charge is -2.11. The highest BCUT2D eigenvalue weighted by atomic mass is 32.1. The lowest BCUT2D eigenvalue weighted by Crippen LogP contribution is -2.32. The topological polar surface area (TPSA) is 58.6 Å². The van der Waals surface area contributed by atoms with E-state index in [4.69, 9.17) is 9.84 Å². The highest BCUT2D eigenvalue weighted by molar-refractivity contribution is 7.12. The van der Waals surface area contributed by atoms with Crippen molar-refractivity contribution in [2.24, 2.45) is 5.92 Å². The van der Waals surface area contributed by atoms with Crippen LogP contribution in [-0.2, 0) is 0 Å². The zero-order chi connectivity index (χ0) is 12.3. The summed E-state index contributed by atoms with van der Waals surface area (Å²) in [6.45, 7) is 0.135. The molecular weight excluding hydrogens is 238 g/mol. The molecule has 0 bridgehead atoms. The maximum atomic E-state index is 11.9. The van der Waals surface area contributed by atoms with E-state index < -0.39 is 0 Å². The molecule has 1 aromatic heterocycles. The monoisotopic (exact) mass is 253 g/mol. The number of carbonyl (C=O) groups excluding carboxylic acids is 1. The molecule has 0 aliphatic heterocycles. The zero-order valence-corrected chi connectivity index (χ0v) is 10.4. The van der Waals surface area contributed by atoms with Gasteiger partial charge in [0.15, 0.2) is 0 Å². The summed E-state index contributed by atoms with van der Waals surface area (Å²) in [5, 5.41) is 13.7. The van der Waals surface area contributed by atoms with Crippen LogP contribution in [0.3, 0.4) is 0 Å². The van der Waals surface area contributed by atoms with Gasteiger partial charge in [-0.25, -0.2) is 0 Å². The lowest BCUT2D eigenvalue weighted by molar-refractivity contribution is 0.0945. The first-order valence-electron chi connectivity index (χ1n) is 5.45. The van der Waals surface area contributed by atoms with Crippen LogP contribution < -0.4 is 10.1 Å². The van der Waals surface area contributed by atoms with Gasteiger partial charge in [0.2, 0.25) is 0 Å². The third-order valence-electron chi connectivity index (χ3n) is 2.76. The summed E-state index contributed by atoms with van der Waals surface area (Å²) in [4.78, 5) is 12.5. The van der Waals surface area contributed by atoms with Crippen molar-refractivity contribution in [1.29, 1.82) is 0 Å². The Morgan fingerprint density at radius 2 is 2.47 bits per heavy atom. The predicted molar refractivity (Wildman–Crippen MR) is 66.5 cm³/mol. The van der Waals surface area contributed by atoms with Crippen LogP contribution in [0, 0.1) is 5.92 Å². The van der Waals surface area contributed by atoms with Crippen LogP contribution in [-0.4, -0.2) is 30.8 Å². The average molecular weight is 253 g/mol. The van der Waals surface area contributed by atoms with E-state index in [1.165, 1.54) is 11.3 Å². The summed E-state index contributed by atoms with van der Waals surface area (Å²) in [6, 6.07) is 1.75. The molecule has 1 aliphatic rings. The number of ether oxygens (including phenoxy) is 1. The molecule has 2 atom stereocenters. The van der Waals surface area contributed by atoms with Gasteiger partial charge in [-0.2, -0.15) is 0 Å². The number of methoxy groups -OCH3 is 1. The number of aliphatic hydroxyl groups excluding tert-OH is 1. The van der Waals surface area contributed by atoms with Crippen LogP contribution in [0.2, 0.25) is 0 Å². The molecule has 0 aromatic carbocycles. The first-order chi connectivity index (χ1) is 8.22. The van der Waals surface area contributed by atoms with E-state index in [2.05, 4.69) is 5.32 Å². The van der Waals surface area contributed by atoms with Crippen LogP contribution in [0.4, 0.5) is 0 Å². The Bertz CT molecular complexity index is 427. The van der Waals surface area contributed by atoms with E-state index in [1.54, 1.807) is 18.6 Å². The molecule has 5 heteroatoms. The second kappa shape index (κ2) is 5.33. The minimum Gasteiger partial charge on any atom is -0.496 e. The van der Waals surface area contributed by atoms with Crippen LogP contribution in [0.5, 0.6) is 5.75 Å². The van der Waals surface area contributed by atoms with Crippen LogP contribution >= 0.6 is 11.3 Å². The van der Waals surface area contributed by atoms with E-state index in [0.717, 1.165) is 6.42 Å². The van der Waals surface area contributed by atoms with Gasteiger partial charge < -0.3 is 15.2 Å². The van der Waals surface area contributed by atoms with Gasteiger partial charge in [0.1, 0.15) is 5.75 Å². The molecule has 1 aliphatic carbocycles. The second-order valence-corrected chi connectivity index (χ2v) is 4.91. The van der Waals surface area contributed by atoms with Crippen LogP contribution in [0.15, 0.2) is 23.6 Å². The molecule has 0 saturated heterocycles. The summed E-state index contributed by atoms with van der Waals surface area (Å²) in [6.07, 6.45) is 4.65. The third kappa shape index (κ3) is 2.87. The van der Waals surface area contributed by atoms with Crippen molar-refractivity contribution in [2.45, 2.75) is 12.5 Å². The highest BCUT2D eigenvalue weighted by Crippen LogP contribution is 2.22. The van der Waals surface area contributed by atoms with Gasteiger partial charge in [0.25, 0.3) is 5.91 Å². The van der Waals surface area contributed by atoms with Gasteiger partial charge >= 0.3 is 0 Å². The second-order valence-electron chi connectivity index (χ2n) is 3.99. The van der Waals surface area contributed by atoms with Gasteiger partial charge in [-0.3, -0.25) is 4.79 Å². The Labute approximate surface area is 104 Å². The lowest BCUT2D eigenvalue weighted by atomic mass is 10.1. The van der Waals surface area contributed by atoms with E-state index >= 15 is 0 Å². The Morgan fingerprint density at radius 3 is 3.06 bits per heavy atom. The van der Waals surface area contributed by atoms with E-state index in [9.17, 15) is 4.79 Å². The van der Waals surface area contributed by atoms with Crippen LogP contribution in [0.1, 0.15) is 16.1 Å². The first-order valence-corrected chi connectivity index (χ1v) is 6.33. The van der Waals surface area contributed by atoms with Crippen molar-refractivity contribution < 1.29 is 14.6 Å². The third-order valence-corrected chi connectivity index (χ3v) is 3.67. The first kappa shape index (κ1) is 12.1. The summed E-state index contributed by atoms with van der Waals surface area (Å²) >= 11 is 1.36. The average Bonchev–Trinajstić information content (AvgIpc) is 2.96. The smallest absolute Gasteiger partial charge is 0.261 e. The normalized spacial score (nSPS) is 22.7. The number of carbonyl (C=O) groups is 1. The largest absolute Gasteiger partial charge is 0.496 e. The van der Waals surface area contributed by atoms with E-state index in [-0.39, 0.29) is 24.5 Å². The van der Waals surface area contributed by atoms with Gasteiger partial charge in [-0.1, -0.05) is 12.2 Å². The quantitative estimate of drug-likeness (QED) is 0.798. The van der Waals surface area contributed by atoms with Gasteiger partial charge in [-0.15, -0.1) is 11.3 Å². The van der Waals surface area contributed by atoms with Crippen molar-refractivity contribution in [1.82, 2.24) is 5.32 Å². The molecular formula is C12H15NO3S. The molecule has 92 valence electrons. The number of hydrogen-bond donors (Lipinski definition) is 2. The number of hydrogen-bond acceptors (Lipinski definition) is 4. The van der Waals surface area contributed by atoms with Crippen molar-refractivity contribution in [3.63, 3.8) is 0 Å². The Balaban J connectivity index is 1.91. The number of nitrogens with one attached hydrogen (secondary N) is 1. The highest BCUT2D eigenvalue weighted by Gasteiger charge is 2.20. The summed E-state index contributed by atoms with van der Waals surface area (Å²) < 4.78 is 5.03. The molecule has 0 fully saturated rings. The summed E-state index contributed by atoms with van der Waals surface area (Å²) in [5.74, 6) is 0.778. The minimum atomic E-state index is -0.0912. The van der Waals surface area contributed by atoms with Gasteiger partial charge in [0.05, 0.1) is 12.0 Å². The number of rotatable bonds is 4. The fraction of sp³-hybridized carbons (Fsp3) is 0.417. The molecule has 2 N–H and O–H groups in total. The van der Waals surface area contributed by atoms with E-state index in [0.29, 0.717) is 10.6 Å². The van der Waals surface area contributed by atoms with Crippen molar-refractivity contribution in [3.8, 4) is 5.75 Å². The molecule has 1 aromatic rings. The maximum absolute atomic E-state index is 11.9. The molecule has 0 radical (unpaired) electrons. The Hall–Kier alpha value is -1.33. The maximum Gasteiger partial charge on any atom is 0.261 e. The van der Waals surface area contributed by atoms with Crippen molar-refractivity contribution in [3.05, 3.63) is 28.5 Å². The predicted octanol–water partition coefficient (Wildman–Crippen LogP) is 1.42. The fourth-order valence-corrected chi connectivity index (χ4v) is 2.56. The number of amides is 1. The molecule has 0 unspecified atom stereocenters. The standard InChI is InChI=1S/C12H15NO3S/c1-16-10-5-11(17-7-10)12(15)13-9-3-2-8(4-9)6-14/h2-3,5,7-9,14H,4,6H2,1H3,(H,13,15)/t8-,9+/m0/s1. The molecule has 0 saturated carbocycles. The van der Waals surface area contributed by atoms with Gasteiger partial charge in [-0.05, 0) is 6.42 Å². The molecule has 4 nitrogen and oxygen atoms in total. The Morgan fingerprint density at radius 1 is 1.65 bits per heavy atom. The number of thiophene rings is 1. The molecule has 0 spiro atoms. The van der Waals surface area contributed by atoms with Crippen molar-refractivity contribution in [2.75, 3.05) is 13.7 Å².